The van der Waals surface area contributed by atoms with E-state index in [1.54, 1.807) is 0 Å². The fourth-order valence-electron chi connectivity index (χ4n) is 1.78. The first-order valence-corrected chi connectivity index (χ1v) is 5.38. The molecule has 0 bridgehead atoms. The van der Waals surface area contributed by atoms with E-state index in [0.29, 0.717) is 0 Å². The molecule has 2 amide bonds. The molecule has 3 N–H and O–H groups in total. The van der Waals surface area contributed by atoms with Gasteiger partial charge in [-0.15, -0.1) is 0 Å². The van der Waals surface area contributed by atoms with E-state index in [0.717, 1.165) is 25.7 Å². The van der Waals surface area contributed by atoms with Gasteiger partial charge < -0.3 is 15.7 Å². The summed E-state index contributed by atoms with van der Waals surface area (Å²) < 4.78 is 0. The summed E-state index contributed by atoms with van der Waals surface area (Å²) in [7, 11) is 0. The van der Waals surface area contributed by atoms with Crippen LogP contribution >= 0.6 is 0 Å². The Morgan fingerprint density at radius 1 is 1.40 bits per heavy atom. The molecule has 1 saturated heterocycles. The van der Waals surface area contributed by atoms with Crippen LogP contribution in [0.1, 0.15) is 40.5 Å². The Balaban J connectivity index is 0.00000225. The minimum atomic E-state index is -0.737. The van der Waals surface area contributed by atoms with E-state index in [-0.39, 0.29) is 26.0 Å². The summed E-state index contributed by atoms with van der Waals surface area (Å²) in [4.78, 5) is 21.2. The van der Waals surface area contributed by atoms with E-state index in [1.807, 2.05) is 6.92 Å². The van der Waals surface area contributed by atoms with E-state index >= 15 is 0 Å². The SMILES string of the molecule is C[C@@H]1NC(=O)N[C@@H]1CCCCCC(=O)O.[H+]. The summed E-state index contributed by atoms with van der Waals surface area (Å²) in [6.07, 6.45) is 3.75. The maximum Gasteiger partial charge on any atom is 1.00 e. The van der Waals surface area contributed by atoms with Crippen LogP contribution in [0, 0.1) is 0 Å². The summed E-state index contributed by atoms with van der Waals surface area (Å²) in [6.45, 7) is 1.97. The lowest BCUT2D eigenvalue weighted by atomic mass is 10.0. The van der Waals surface area contributed by atoms with Gasteiger partial charge in [0.05, 0.1) is 6.04 Å². The normalized spacial score (nSPS) is 24.7. The van der Waals surface area contributed by atoms with Crippen molar-refractivity contribution < 1.29 is 16.1 Å². The number of hydrogen-bond donors (Lipinski definition) is 3. The molecule has 5 heteroatoms. The Morgan fingerprint density at radius 3 is 2.67 bits per heavy atom. The zero-order valence-corrected chi connectivity index (χ0v) is 8.95. The molecule has 15 heavy (non-hydrogen) atoms. The van der Waals surface area contributed by atoms with Crippen LogP contribution in [0.15, 0.2) is 0 Å². The largest absolute Gasteiger partial charge is 1.00 e. The van der Waals surface area contributed by atoms with Crippen molar-refractivity contribution in [3.63, 3.8) is 0 Å². The zero-order chi connectivity index (χ0) is 11.3. The van der Waals surface area contributed by atoms with Gasteiger partial charge in [-0.25, -0.2) is 4.79 Å². The minimum Gasteiger partial charge on any atom is -0.481 e. The second-order valence-electron chi connectivity index (χ2n) is 4.01. The number of carbonyl (C=O) groups excluding carboxylic acids is 1. The average molecular weight is 215 g/mol. The van der Waals surface area contributed by atoms with Crippen LogP contribution in [0.25, 0.3) is 0 Å². The lowest BCUT2D eigenvalue weighted by Crippen LogP contribution is -2.30. The minimum absolute atomic E-state index is 0. The van der Waals surface area contributed by atoms with Gasteiger partial charge in [0.25, 0.3) is 0 Å². The van der Waals surface area contributed by atoms with E-state index in [4.69, 9.17) is 5.11 Å². The van der Waals surface area contributed by atoms with Gasteiger partial charge in [0.1, 0.15) is 0 Å². The Kier molecular flexibility index (Phi) is 4.39. The van der Waals surface area contributed by atoms with Crippen LogP contribution in [-0.4, -0.2) is 29.2 Å². The number of aliphatic carboxylic acids is 1. The van der Waals surface area contributed by atoms with Crippen molar-refractivity contribution in [1.82, 2.24) is 10.6 Å². The molecule has 86 valence electrons. The highest BCUT2D eigenvalue weighted by molar-refractivity contribution is 5.77. The third-order valence-electron chi connectivity index (χ3n) is 2.68. The monoisotopic (exact) mass is 215 g/mol. The molecule has 0 saturated carbocycles. The second kappa shape index (κ2) is 5.58. The lowest BCUT2D eigenvalue weighted by molar-refractivity contribution is -0.137. The molecule has 0 aromatic carbocycles. The number of amides is 2. The van der Waals surface area contributed by atoms with Gasteiger partial charge >= 0.3 is 13.4 Å². The average Bonchev–Trinajstić information content (AvgIpc) is 2.44. The molecule has 1 fully saturated rings. The second-order valence-corrected chi connectivity index (χ2v) is 4.01. The van der Waals surface area contributed by atoms with Crippen LogP contribution in [-0.2, 0) is 4.79 Å². The van der Waals surface area contributed by atoms with Gasteiger partial charge in [0, 0.05) is 12.5 Å². The quantitative estimate of drug-likeness (QED) is 0.582. The first-order valence-electron chi connectivity index (χ1n) is 5.38. The van der Waals surface area contributed by atoms with Crippen molar-refractivity contribution >= 4 is 12.0 Å². The maximum atomic E-state index is 10.9. The highest BCUT2D eigenvalue weighted by atomic mass is 16.4. The van der Waals surface area contributed by atoms with Crippen molar-refractivity contribution in [2.45, 2.75) is 51.1 Å². The standard InChI is InChI=1S/C10H18N2O3/c1-7-8(12-10(15)11-7)5-3-2-4-6-9(13)14/h7-8H,2-6H2,1H3,(H,13,14)(H2,11,12,15)/p+1/t7-,8+/m0/s1. The summed E-state index contributed by atoms with van der Waals surface area (Å²) in [5.74, 6) is -0.737. The van der Waals surface area contributed by atoms with Crippen LogP contribution in [0.3, 0.4) is 0 Å². The highest BCUT2D eigenvalue weighted by Gasteiger charge is 2.26. The number of rotatable bonds is 6. The first kappa shape index (κ1) is 11.8. The molecule has 5 nitrogen and oxygen atoms in total. The Hall–Kier alpha value is -1.26. The third-order valence-corrected chi connectivity index (χ3v) is 2.68. The molecule has 2 atom stereocenters. The molecular weight excluding hydrogens is 196 g/mol. The van der Waals surface area contributed by atoms with E-state index in [2.05, 4.69) is 10.6 Å². The van der Waals surface area contributed by atoms with Gasteiger partial charge in [-0.05, 0) is 19.8 Å². The van der Waals surface area contributed by atoms with Gasteiger partial charge in [-0.2, -0.15) is 0 Å². The zero-order valence-electron chi connectivity index (χ0n) is 9.95. The van der Waals surface area contributed by atoms with Crippen LogP contribution in [0.5, 0.6) is 0 Å². The van der Waals surface area contributed by atoms with Gasteiger partial charge in [0.15, 0.2) is 0 Å². The van der Waals surface area contributed by atoms with Crippen molar-refractivity contribution in [2.75, 3.05) is 0 Å². The number of urea groups is 1. The van der Waals surface area contributed by atoms with Crippen molar-refractivity contribution in [1.29, 1.82) is 0 Å². The van der Waals surface area contributed by atoms with Crippen LogP contribution in [0.2, 0.25) is 0 Å². The fourth-order valence-corrected chi connectivity index (χ4v) is 1.78. The molecule has 1 aliphatic heterocycles. The molecule has 0 aliphatic carbocycles. The maximum absolute atomic E-state index is 10.9. The Labute approximate surface area is 90.7 Å². The number of nitrogens with one attached hydrogen (secondary N) is 2. The number of hydrogen-bond acceptors (Lipinski definition) is 2. The number of carboxylic acid groups (broad SMARTS) is 1. The molecule has 0 spiro atoms. The molecule has 1 heterocycles. The van der Waals surface area contributed by atoms with Crippen LogP contribution < -0.4 is 10.6 Å². The molecule has 1 rings (SSSR count). The summed E-state index contributed by atoms with van der Waals surface area (Å²) in [6, 6.07) is 0.275. The van der Waals surface area contributed by atoms with Gasteiger partial charge in [0.2, 0.25) is 0 Å². The third kappa shape index (κ3) is 4.18. The summed E-state index contributed by atoms with van der Waals surface area (Å²) in [5.41, 5.74) is 0. The van der Waals surface area contributed by atoms with E-state index < -0.39 is 5.97 Å². The van der Waals surface area contributed by atoms with Crippen molar-refractivity contribution in [3.05, 3.63) is 0 Å². The van der Waals surface area contributed by atoms with Crippen molar-refractivity contribution in [2.24, 2.45) is 0 Å². The van der Waals surface area contributed by atoms with Gasteiger partial charge in [-0.1, -0.05) is 12.8 Å². The highest BCUT2D eigenvalue weighted by Crippen LogP contribution is 2.11. The smallest absolute Gasteiger partial charge is 0.481 e. The van der Waals surface area contributed by atoms with E-state index in [9.17, 15) is 9.59 Å². The van der Waals surface area contributed by atoms with Gasteiger partial charge in [-0.3, -0.25) is 4.79 Å². The van der Waals surface area contributed by atoms with E-state index in [1.165, 1.54) is 0 Å². The molecule has 1 aliphatic rings. The molecule has 0 radical (unpaired) electrons. The first-order chi connectivity index (χ1) is 7.09. The molecule has 0 unspecified atom stereocenters. The summed E-state index contributed by atoms with van der Waals surface area (Å²) >= 11 is 0. The lowest BCUT2D eigenvalue weighted by Gasteiger charge is -2.13. The molecular formula is C10H19N2O3+. The predicted molar refractivity (Wildman–Crippen MR) is 56.8 cm³/mol. The summed E-state index contributed by atoms with van der Waals surface area (Å²) in [5, 5.41) is 14.1. The van der Waals surface area contributed by atoms with Crippen LogP contribution in [0.4, 0.5) is 4.79 Å². The molecule has 0 aromatic heterocycles. The Morgan fingerprint density at radius 2 is 2.13 bits per heavy atom. The topological polar surface area (TPSA) is 78.4 Å². The Bertz CT molecular complexity index is 248. The number of carboxylic acids is 1. The molecule has 0 aromatic rings. The fraction of sp³-hybridized carbons (Fsp3) is 0.800. The number of carbonyl (C=O) groups is 2. The van der Waals surface area contributed by atoms with Crippen molar-refractivity contribution in [3.8, 4) is 0 Å². The predicted octanol–water partition coefficient (Wildman–Crippen LogP) is 1.20. The number of unbranched alkanes of at least 4 members (excludes halogenated alkanes) is 2.